The highest BCUT2D eigenvalue weighted by Crippen LogP contribution is 2.21. The highest BCUT2D eigenvalue weighted by molar-refractivity contribution is 6.05. The zero-order chi connectivity index (χ0) is 18.0. The number of benzene rings is 2. The van der Waals surface area contributed by atoms with Gasteiger partial charge >= 0.3 is 0 Å². The zero-order valence-corrected chi connectivity index (χ0v) is 13.9. The van der Waals surface area contributed by atoms with Crippen molar-refractivity contribution in [2.75, 3.05) is 12.4 Å². The number of H-pyrrole nitrogens is 1. The van der Waals surface area contributed by atoms with Crippen LogP contribution in [0.2, 0.25) is 0 Å². The van der Waals surface area contributed by atoms with Crippen LogP contribution in [0.1, 0.15) is 21.6 Å². The molecule has 0 aliphatic heterocycles. The van der Waals surface area contributed by atoms with Crippen LogP contribution in [0.25, 0.3) is 10.9 Å². The first kappa shape index (κ1) is 16.5. The smallest absolute Gasteiger partial charge is 0.269 e. The molecular weight excluding hydrogens is 320 g/mol. The summed E-state index contributed by atoms with van der Waals surface area (Å²) in [6, 6.07) is 10.7. The van der Waals surface area contributed by atoms with Gasteiger partial charge in [0, 0.05) is 11.1 Å². The van der Waals surface area contributed by atoms with E-state index in [2.05, 4.69) is 15.5 Å². The summed E-state index contributed by atoms with van der Waals surface area (Å²) in [6.07, 6.45) is 0.238. The minimum Gasteiger partial charge on any atom is -0.497 e. The molecule has 0 aliphatic rings. The van der Waals surface area contributed by atoms with Crippen molar-refractivity contribution in [2.24, 2.45) is 5.73 Å². The standard InChI is InChI=1S/C18H18N4O3/c1-10-7-13(25-2)5-3-11(10)8-16(23)20-12-4-6-15-14(9-12)17(18(19)24)22-21-15/h3-7,9H,8H2,1-2H3,(H2,19,24)(H,20,23)(H,21,22). The number of rotatable bonds is 5. The summed E-state index contributed by atoms with van der Waals surface area (Å²) in [5, 5.41) is 10.0. The first-order chi connectivity index (χ1) is 12.0. The molecular formula is C18H18N4O3. The summed E-state index contributed by atoms with van der Waals surface area (Å²) in [4.78, 5) is 23.7. The molecule has 7 heteroatoms. The number of primary amides is 1. The van der Waals surface area contributed by atoms with Gasteiger partial charge in [0.1, 0.15) is 5.75 Å². The lowest BCUT2D eigenvalue weighted by molar-refractivity contribution is -0.115. The minimum absolute atomic E-state index is 0.150. The van der Waals surface area contributed by atoms with Crippen molar-refractivity contribution >= 4 is 28.4 Å². The Morgan fingerprint density at radius 3 is 2.72 bits per heavy atom. The SMILES string of the molecule is COc1ccc(CC(=O)Nc2ccc3[nH]nc(C(N)=O)c3c2)c(C)c1. The molecule has 25 heavy (non-hydrogen) atoms. The summed E-state index contributed by atoms with van der Waals surface area (Å²) in [5.74, 6) is -0.0219. The Hall–Kier alpha value is -3.35. The van der Waals surface area contributed by atoms with E-state index >= 15 is 0 Å². The van der Waals surface area contributed by atoms with Gasteiger partial charge in [0.05, 0.1) is 19.0 Å². The maximum atomic E-state index is 12.3. The fraction of sp³-hybridized carbons (Fsp3) is 0.167. The van der Waals surface area contributed by atoms with Gasteiger partial charge < -0.3 is 15.8 Å². The minimum atomic E-state index is -0.622. The molecule has 0 radical (unpaired) electrons. The third kappa shape index (κ3) is 3.45. The van der Waals surface area contributed by atoms with Gasteiger partial charge in [0.15, 0.2) is 5.69 Å². The number of nitrogens with two attached hydrogens (primary N) is 1. The molecule has 3 rings (SSSR count). The topological polar surface area (TPSA) is 110 Å². The number of aryl methyl sites for hydroxylation is 1. The van der Waals surface area contributed by atoms with E-state index in [0.717, 1.165) is 16.9 Å². The Balaban J connectivity index is 1.77. The number of methoxy groups -OCH3 is 1. The molecule has 0 bridgehead atoms. The maximum Gasteiger partial charge on any atom is 0.269 e. The summed E-state index contributed by atoms with van der Waals surface area (Å²) in [5.41, 5.74) is 8.60. The van der Waals surface area contributed by atoms with Crippen LogP contribution >= 0.6 is 0 Å². The van der Waals surface area contributed by atoms with Crippen LogP contribution in [0.4, 0.5) is 5.69 Å². The highest BCUT2D eigenvalue weighted by Gasteiger charge is 2.13. The highest BCUT2D eigenvalue weighted by atomic mass is 16.5. The Labute approximate surface area is 144 Å². The number of aromatic amines is 1. The number of hydrogen-bond donors (Lipinski definition) is 3. The number of amides is 2. The van der Waals surface area contributed by atoms with Crippen LogP contribution in [-0.4, -0.2) is 29.1 Å². The molecule has 2 amide bonds. The first-order valence-electron chi connectivity index (χ1n) is 7.69. The second-order valence-electron chi connectivity index (χ2n) is 5.71. The van der Waals surface area contributed by atoms with E-state index in [0.29, 0.717) is 16.6 Å². The zero-order valence-electron chi connectivity index (χ0n) is 13.9. The molecule has 0 unspecified atom stereocenters. The molecule has 1 heterocycles. The fourth-order valence-electron chi connectivity index (χ4n) is 2.65. The number of carbonyl (C=O) groups excluding carboxylic acids is 2. The maximum absolute atomic E-state index is 12.3. The molecule has 7 nitrogen and oxygen atoms in total. The van der Waals surface area contributed by atoms with Gasteiger partial charge in [-0.15, -0.1) is 0 Å². The fourth-order valence-corrected chi connectivity index (χ4v) is 2.65. The molecule has 0 saturated carbocycles. The normalized spacial score (nSPS) is 10.6. The average Bonchev–Trinajstić information content (AvgIpc) is 3.00. The van der Waals surface area contributed by atoms with Gasteiger partial charge in [0.25, 0.3) is 5.91 Å². The van der Waals surface area contributed by atoms with Crippen LogP contribution in [0.3, 0.4) is 0 Å². The Kier molecular flexibility index (Phi) is 4.38. The molecule has 0 saturated heterocycles. The predicted octanol–water partition coefficient (Wildman–Crippen LogP) is 2.16. The molecule has 0 atom stereocenters. The van der Waals surface area contributed by atoms with Gasteiger partial charge in [-0.1, -0.05) is 6.07 Å². The number of ether oxygens (including phenoxy) is 1. The van der Waals surface area contributed by atoms with E-state index in [-0.39, 0.29) is 18.0 Å². The van der Waals surface area contributed by atoms with Crippen LogP contribution in [0.15, 0.2) is 36.4 Å². The molecule has 0 fully saturated rings. The van der Waals surface area contributed by atoms with Crippen LogP contribution in [0, 0.1) is 6.92 Å². The largest absolute Gasteiger partial charge is 0.497 e. The molecule has 2 aromatic carbocycles. The van der Waals surface area contributed by atoms with E-state index in [1.807, 2.05) is 25.1 Å². The number of fused-ring (bicyclic) bond motifs is 1. The van der Waals surface area contributed by atoms with Gasteiger partial charge in [-0.25, -0.2) is 0 Å². The van der Waals surface area contributed by atoms with Gasteiger partial charge in [-0.05, 0) is 48.4 Å². The van der Waals surface area contributed by atoms with E-state index in [1.165, 1.54) is 0 Å². The van der Waals surface area contributed by atoms with E-state index in [9.17, 15) is 9.59 Å². The van der Waals surface area contributed by atoms with Crippen LogP contribution < -0.4 is 15.8 Å². The summed E-state index contributed by atoms with van der Waals surface area (Å²) in [6.45, 7) is 1.93. The number of hydrogen-bond acceptors (Lipinski definition) is 4. The predicted molar refractivity (Wildman–Crippen MR) is 94.7 cm³/mol. The molecule has 3 aromatic rings. The van der Waals surface area contributed by atoms with Crippen molar-refractivity contribution in [3.05, 3.63) is 53.2 Å². The number of nitrogens with zero attached hydrogens (tertiary/aromatic N) is 1. The third-order valence-corrected chi connectivity index (χ3v) is 3.98. The lowest BCUT2D eigenvalue weighted by atomic mass is 10.0. The van der Waals surface area contributed by atoms with Crippen molar-refractivity contribution in [3.8, 4) is 5.75 Å². The number of nitrogens with one attached hydrogen (secondary N) is 2. The number of carbonyl (C=O) groups is 2. The quantitative estimate of drug-likeness (QED) is 0.662. The summed E-state index contributed by atoms with van der Waals surface area (Å²) in [7, 11) is 1.60. The lowest BCUT2D eigenvalue weighted by Gasteiger charge is -2.09. The van der Waals surface area contributed by atoms with Gasteiger partial charge in [0.2, 0.25) is 5.91 Å². The van der Waals surface area contributed by atoms with Crippen molar-refractivity contribution in [1.82, 2.24) is 10.2 Å². The van der Waals surface area contributed by atoms with Crippen molar-refractivity contribution in [2.45, 2.75) is 13.3 Å². The van der Waals surface area contributed by atoms with Crippen molar-refractivity contribution < 1.29 is 14.3 Å². The van der Waals surface area contributed by atoms with Crippen molar-refractivity contribution in [3.63, 3.8) is 0 Å². The number of anilines is 1. The monoisotopic (exact) mass is 338 g/mol. The first-order valence-corrected chi connectivity index (χ1v) is 7.69. The molecule has 4 N–H and O–H groups in total. The Morgan fingerprint density at radius 2 is 2.04 bits per heavy atom. The third-order valence-electron chi connectivity index (χ3n) is 3.98. The molecule has 128 valence electrons. The molecule has 1 aromatic heterocycles. The van der Waals surface area contributed by atoms with Crippen LogP contribution in [0.5, 0.6) is 5.75 Å². The van der Waals surface area contributed by atoms with E-state index < -0.39 is 5.91 Å². The second kappa shape index (κ2) is 6.64. The molecule has 0 aliphatic carbocycles. The average molecular weight is 338 g/mol. The van der Waals surface area contributed by atoms with E-state index in [1.54, 1.807) is 25.3 Å². The summed E-state index contributed by atoms with van der Waals surface area (Å²) >= 11 is 0. The Morgan fingerprint density at radius 1 is 1.24 bits per heavy atom. The van der Waals surface area contributed by atoms with E-state index in [4.69, 9.17) is 10.5 Å². The lowest BCUT2D eigenvalue weighted by Crippen LogP contribution is -2.15. The summed E-state index contributed by atoms with van der Waals surface area (Å²) < 4.78 is 5.17. The number of aromatic nitrogens is 2. The van der Waals surface area contributed by atoms with Gasteiger partial charge in [-0.3, -0.25) is 14.7 Å². The Bertz CT molecular complexity index is 962. The van der Waals surface area contributed by atoms with Crippen LogP contribution in [-0.2, 0) is 11.2 Å². The van der Waals surface area contributed by atoms with Crippen molar-refractivity contribution in [1.29, 1.82) is 0 Å². The van der Waals surface area contributed by atoms with Gasteiger partial charge in [-0.2, -0.15) is 5.10 Å². The molecule has 0 spiro atoms. The second-order valence-corrected chi connectivity index (χ2v) is 5.71.